The van der Waals surface area contributed by atoms with Gasteiger partial charge >= 0.3 is 15.6 Å². The highest BCUT2D eigenvalue weighted by Crippen LogP contribution is 2.47. The van der Waals surface area contributed by atoms with Crippen molar-refractivity contribution < 1.29 is 42.5 Å². The topological polar surface area (TPSA) is 143 Å². The summed E-state index contributed by atoms with van der Waals surface area (Å²) in [5.41, 5.74) is -2.00. The predicted octanol–water partition coefficient (Wildman–Crippen LogP) is 4.14. The van der Waals surface area contributed by atoms with E-state index in [-0.39, 0.29) is 0 Å². The molecule has 0 aromatic heterocycles. The molecular weight excluding hydrogens is 410 g/mol. The Kier molecular flexibility index (Phi) is 11.1. The Morgan fingerprint density at radius 1 is 0.857 bits per heavy atom. The third kappa shape index (κ3) is 9.33. The second-order valence-electron chi connectivity index (χ2n) is 8.00. The zero-order valence-electron chi connectivity index (χ0n) is 18.0. The van der Waals surface area contributed by atoms with Crippen LogP contribution < -0.4 is 0 Å². The van der Waals surface area contributed by atoms with Crippen molar-refractivity contribution in [3.8, 4) is 0 Å². The van der Waals surface area contributed by atoms with Crippen LogP contribution in [-0.2, 0) is 22.9 Å². The van der Waals surface area contributed by atoms with E-state index in [4.69, 9.17) is 23.6 Å². The third-order valence-electron chi connectivity index (χ3n) is 5.31. The van der Waals surface area contributed by atoms with Crippen LogP contribution in [0.25, 0.3) is 0 Å². The Balaban J connectivity index is 5.79. The first-order valence-corrected chi connectivity index (χ1v) is 12.7. The summed E-state index contributed by atoms with van der Waals surface area (Å²) in [6, 6.07) is 0. The molecule has 0 aromatic carbocycles. The molecule has 4 N–H and O–H groups in total. The molecule has 0 amide bonds. The van der Waals surface area contributed by atoms with Crippen LogP contribution in [0, 0.1) is 5.41 Å². The average molecular weight is 448 g/mol. The summed E-state index contributed by atoms with van der Waals surface area (Å²) in [5, 5.41) is 0. The zero-order valence-corrected chi connectivity index (χ0v) is 19.8. The predicted molar refractivity (Wildman–Crippen MR) is 107 cm³/mol. The van der Waals surface area contributed by atoms with E-state index in [0.717, 1.165) is 6.42 Å². The van der Waals surface area contributed by atoms with E-state index in [1.165, 1.54) is 0 Å². The first kappa shape index (κ1) is 28.2. The molecule has 0 saturated heterocycles. The SMILES string of the molecule is CCCC(OC(CCC)C(C)(C)C(C)OP(=O)(O)O)C(C)(CC)OP(=O)(O)O. The molecule has 0 bridgehead atoms. The van der Waals surface area contributed by atoms with Crippen LogP contribution in [-0.4, -0.2) is 43.5 Å². The largest absolute Gasteiger partial charge is 0.470 e. The first-order valence-electron chi connectivity index (χ1n) is 9.68. The molecule has 0 spiro atoms. The molecule has 0 fully saturated rings. The maximum atomic E-state index is 11.5. The monoisotopic (exact) mass is 448 g/mol. The molecule has 11 heteroatoms. The van der Waals surface area contributed by atoms with E-state index in [0.29, 0.717) is 25.7 Å². The maximum Gasteiger partial charge on any atom is 0.470 e. The molecule has 170 valence electrons. The third-order valence-corrected chi connectivity index (χ3v) is 6.56. The molecule has 0 aliphatic carbocycles. The lowest BCUT2D eigenvalue weighted by atomic mass is 9.79. The van der Waals surface area contributed by atoms with Gasteiger partial charge in [0.2, 0.25) is 0 Å². The molecule has 0 aliphatic rings. The molecule has 9 nitrogen and oxygen atoms in total. The van der Waals surface area contributed by atoms with Crippen molar-refractivity contribution in [1.82, 2.24) is 0 Å². The number of rotatable bonds is 14. The quantitative estimate of drug-likeness (QED) is 0.288. The van der Waals surface area contributed by atoms with Crippen molar-refractivity contribution in [2.45, 2.75) is 104 Å². The van der Waals surface area contributed by atoms with E-state index in [1.807, 2.05) is 13.8 Å². The van der Waals surface area contributed by atoms with Crippen molar-refractivity contribution in [1.29, 1.82) is 0 Å². The minimum atomic E-state index is -4.74. The average Bonchev–Trinajstić information content (AvgIpc) is 2.50. The first-order chi connectivity index (χ1) is 12.5. The number of hydrogen-bond donors (Lipinski definition) is 4. The molecule has 0 heterocycles. The molecule has 0 rings (SSSR count). The highest BCUT2D eigenvalue weighted by molar-refractivity contribution is 7.46. The van der Waals surface area contributed by atoms with Crippen LogP contribution in [0.5, 0.6) is 0 Å². The molecule has 0 aliphatic heterocycles. The van der Waals surface area contributed by atoms with Crippen LogP contribution in [0.1, 0.15) is 80.6 Å². The fourth-order valence-corrected chi connectivity index (χ4v) is 4.56. The van der Waals surface area contributed by atoms with Gasteiger partial charge in [0.1, 0.15) is 5.60 Å². The van der Waals surface area contributed by atoms with Crippen LogP contribution in [0.3, 0.4) is 0 Å². The Morgan fingerprint density at radius 2 is 1.32 bits per heavy atom. The Bertz CT molecular complexity index is 557. The van der Waals surface area contributed by atoms with E-state index in [9.17, 15) is 18.9 Å². The Morgan fingerprint density at radius 3 is 1.68 bits per heavy atom. The molecule has 0 aromatic rings. The number of phosphoric acid groups is 2. The van der Waals surface area contributed by atoms with Crippen LogP contribution in [0.15, 0.2) is 0 Å². The van der Waals surface area contributed by atoms with E-state index < -0.39 is 45.0 Å². The Hall–Kier alpha value is 0.180. The number of hydrogen-bond acceptors (Lipinski definition) is 5. The van der Waals surface area contributed by atoms with Gasteiger partial charge in [0.15, 0.2) is 0 Å². The fraction of sp³-hybridized carbons (Fsp3) is 1.00. The molecule has 28 heavy (non-hydrogen) atoms. The van der Waals surface area contributed by atoms with E-state index in [2.05, 4.69) is 0 Å². The smallest absolute Gasteiger partial charge is 0.371 e. The normalized spacial score (nSPS) is 19.1. The van der Waals surface area contributed by atoms with Gasteiger partial charge in [-0.05, 0) is 33.1 Å². The zero-order chi connectivity index (χ0) is 22.4. The van der Waals surface area contributed by atoms with Crippen molar-refractivity contribution >= 4 is 15.6 Å². The van der Waals surface area contributed by atoms with Crippen LogP contribution in [0.4, 0.5) is 0 Å². The molecule has 4 atom stereocenters. The molecular formula is C17H38O9P2. The molecule has 0 radical (unpaired) electrons. The van der Waals surface area contributed by atoms with Gasteiger partial charge in [0.05, 0.1) is 18.3 Å². The standard InChI is InChI=1S/C17H38O9P2/c1-8-11-14(16(5,6)13(4)25-27(18,19)20)24-15(12-9-2)17(7,10-3)26-28(21,22)23/h13-15H,8-12H2,1-7H3,(H2,18,19,20)(H2,21,22,23). The van der Waals surface area contributed by atoms with Crippen molar-refractivity contribution in [2.75, 3.05) is 0 Å². The van der Waals surface area contributed by atoms with E-state index in [1.54, 1.807) is 34.6 Å². The minimum absolute atomic E-state index is 0.316. The van der Waals surface area contributed by atoms with Crippen LogP contribution >= 0.6 is 15.6 Å². The molecule has 4 unspecified atom stereocenters. The van der Waals surface area contributed by atoms with Crippen molar-refractivity contribution in [3.05, 3.63) is 0 Å². The second kappa shape index (κ2) is 11.0. The number of ether oxygens (including phenoxy) is 1. The summed E-state index contributed by atoms with van der Waals surface area (Å²) in [6.07, 6.45) is 0.955. The maximum absolute atomic E-state index is 11.5. The summed E-state index contributed by atoms with van der Waals surface area (Å²) in [5.74, 6) is 0. The highest BCUT2D eigenvalue weighted by atomic mass is 31.2. The summed E-state index contributed by atoms with van der Waals surface area (Å²) in [7, 11) is -9.41. The lowest BCUT2D eigenvalue weighted by Gasteiger charge is -2.44. The van der Waals surface area contributed by atoms with Crippen molar-refractivity contribution in [2.24, 2.45) is 5.41 Å². The van der Waals surface area contributed by atoms with Crippen LogP contribution in [0.2, 0.25) is 0 Å². The summed E-state index contributed by atoms with van der Waals surface area (Å²) < 4.78 is 39.1. The Labute approximate surface area is 168 Å². The fourth-order valence-electron chi connectivity index (χ4n) is 3.08. The van der Waals surface area contributed by atoms with Gasteiger partial charge < -0.3 is 24.3 Å². The van der Waals surface area contributed by atoms with Gasteiger partial charge in [-0.1, -0.05) is 47.5 Å². The number of phosphoric ester groups is 2. The highest BCUT2D eigenvalue weighted by Gasteiger charge is 2.45. The van der Waals surface area contributed by atoms with Gasteiger partial charge in [0, 0.05) is 5.41 Å². The molecule has 0 saturated carbocycles. The minimum Gasteiger partial charge on any atom is -0.371 e. The van der Waals surface area contributed by atoms with Crippen molar-refractivity contribution in [3.63, 3.8) is 0 Å². The van der Waals surface area contributed by atoms with E-state index >= 15 is 0 Å². The van der Waals surface area contributed by atoms with Gasteiger partial charge in [-0.2, -0.15) is 0 Å². The van der Waals surface area contributed by atoms with Gasteiger partial charge in [0.25, 0.3) is 0 Å². The van der Waals surface area contributed by atoms with Gasteiger partial charge in [-0.25, -0.2) is 9.13 Å². The summed E-state index contributed by atoms with van der Waals surface area (Å²) in [6.45, 7) is 12.4. The van der Waals surface area contributed by atoms with Gasteiger partial charge in [-0.3, -0.25) is 9.05 Å². The van der Waals surface area contributed by atoms with Gasteiger partial charge in [-0.15, -0.1) is 0 Å². The lowest BCUT2D eigenvalue weighted by Crippen LogP contribution is -2.49. The summed E-state index contributed by atoms with van der Waals surface area (Å²) in [4.78, 5) is 37.0. The summed E-state index contributed by atoms with van der Waals surface area (Å²) >= 11 is 0. The second-order valence-corrected chi connectivity index (χ2v) is 10.4. The lowest BCUT2D eigenvalue weighted by molar-refractivity contribution is -0.168.